The van der Waals surface area contributed by atoms with Gasteiger partial charge in [-0.2, -0.15) is 10.2 Å². The summed E-state index contributed by atoms with van der Waals surface area (Å²) in [7, 11) is 0. The molecule has 0 fully saturated rings. The van der Waals surface area contributed by atoms with Crippen molar-refractivity contribution in [2.24, 2.45) is 10.2 Å². The van der Waals surface area contributed by atoms with E-state index in [1.807, 2.05) is 0 Å². The molecule has 1 aliphatic carbocycles. The van der Waals surface area contributed by atoms with Crippen molar-refractivity contribution in [1.29, 1.82) is 0 Å². The lowest BCUT2D eigenvalue weighted by molar-refractivity contribution is 0.0890. The Balaban J connectivity index is 2.05. The number of benzene rings is 1. The van der Waals surface area contributed by atoms with Crippen LogP contribution in [0, 0.1) is 0 Å². The number of Topliss-reactive ketones (excluding diaryl/α,β-unsaturated/α-hetero) is 2. The second-order valence-corrected chi connectivity index (χ2v) is 4.36. The Morgan fingerprint density at radius 2 is 1.67 bits per heavy atom. The first kappa shape index (κ1) is 12.6. The second-order valence-electron chi connectivity index (χ2n) is 4.36. The molecule has 1 aromatic carbocycles. The van der Waals surface area contributed by atoms with Gasteiger partial charge in [-0.15, -0.1) is 0 Å². The van der Waals surface area contributed by atoms with Gasteiger partial charge in [0.15, 0.2) is 17.6 Å². The normalized spacial score (nSPS) is 15.6. The summed E-state index contributed by atoms with van der Waals surface area (Å²) < 4.78 is 0. The Hall–Kier alpha value is -1.84. The Kier molecular flexibility index (Phi) is 3.97. The fraction of sp³-hybridized carbons (Fsp3) is 0.429. The molecule has 2 rings (SSSR count). The van der Waals surface area contributed by atoms with Crippen LogP contribution in [0.3, 0.4) is 0 Å². The van der Waals surface area contributed by atoms with E-state index in [2.05, 4.69) is 17.2 Å². The zero-order valence-corrected chi connectivity index (χ0v) is 10.4. The highest BCUT2D eigenvalue weighted by molar-refractivity contribution is 6.29. The number of hydrogen-bond donors (Lipinski definition) is 0. The summed E-state index contributed by atoms with van der Waals surface area (Å²) in [6, 6.07) is 5.91. The third kappa shape index (κ3) is 2.37. The number of rotatable bonds is 5. The van der Waals surface area contributed by atoms with Crippen LogP contribution in [0.1, 0.15) is 46.9 Å². The SMILES string of the molecule is CCCCCN=NC1C(=O)c2ccccc2C1=O. The van der Waals surface area contributed by atoms with Crippen LogP contribution >= 0.6 is 0 Å². The van der Waals surface area contributed by atoms with E-state index in [0.717, 1.165) is 19.3 Å². The van der Waals surface area contributed by atoms with E-state index in [1.165, 1.54) is 0 Å². The molecule has 4 nitrogen and oxygen atoms in total. The van der Waals surface area contributed by atoms with Gasteiger partial charge in [0.2, 0.25) is 0 Å². The molecular weight excluding hydrogens is 228 g/mol. The number of carbonyl (C=O) groups is 2. The van der Waals surface area contributed by atoms with Crippen LogP contribution in [-0.4, -0.2) is 24.2 Å². The maximum atomic E-state index is 12.0. The molecule has 18 heavy (non-hydrogen) atoms. The number of unbranched alkanes of at least 4 members (excludes halogenated alkanes) is 2. The maximum Gasteiger partial charge on any atom is 0.197 e. The van der Waals surface area contributed by atoms with Crippen molar-refractivity contribution in [2.45, 2.75) is 32.2 Å². The van der Waals surface area contributed by atoms with E-state index in [9.17, 15) is 9.59 Å². The van der Waals surface area contributed by atoms with Crippen molar-refractivity contribution < 1.29 is 9.59 Å². The van der Waals surface area contributed by atoms with E-state index < -0.39 is 6.04 Å². The number of ketones is 2. The standard InChI is InChI=1S/C14H16N2O2/c1-2-3-6-9-15-16-12-13(17)10-7-4-5-8-11(10)14(12)18/h4-5,7-8,12H,2-3,6,9H2,1H3. The zero-order chi connectivity index (χ0) is 13.0. The monoisotopic (exact) mass is 244 g/mol. The Labute approximate surface area is 106 Å². The van der Waals surface area contributed by atoms with Crippen LogP contribution in [0.2, 0.25) is 0 Å². The maximum absolute atomic E-state index is 12.0. The summed E-state index contributed by atoms with van der Waals surface area (Å²) in [4.78, 5) is 23.9. The quantitative estimate of drug-likeness (QED) is 0.454. The highest BCUT2D eigenvalue weighted by atomic mass is 16.2. The lowest BCUT2D eigenvalue weighted by Gasteiger charge is -1.97. The smallest absolute Gasteiger partial charge is 0.197 e. The average molecular weight is 244 g/mol. The molecule has 1 aliphatic rings. The number of fused-ring (bicyclic) bond motifs is 1. The molecule has 0 unspecified atom stereocenters. The molecule has 1 aromatic rings. The summed E-state index contributed by atoms with van der Waals surface area (Å²) in [6.45, 7) is 2.69. The van der Waals surface area contributed by atoms with Crippen molar-refractivity contribution in [3.05, 3.63) is 35.4 Å². The van der Waals surface area contributed by atoms with E-state index in [0.29, 0.717) is 17.7 Å². The van der Waals surface area contributed by atoms with Gasteiger partial charge in [-0.3, -0.25) is 9.59 Å². The van der Waals surface area contributed by atoms with Crippen LogP contribution < -0.4 is 0 Å². The van der Waals surface area contributed by atoms with Gasteiger partial charge in [0, 0.05) is 11.1 Å². The predicted octanol–water partition coefficient (Wildman–Crippen LogP) is 3.08. The molecule has 0 saturated carbocycles. The van der Waals surface area contributed by atoms with Gasteiger partial charge < -0.3 is 0 Å². The molecule has 0 saturated heterocycles. The van der Waals surface area contributed by atoms with Crippen LogP contribution in [0.4, 0.5) is 0 Å². The summed E-state index contributed by atoms with van der Waals surface area (Å²) >= 11 is 0. The molecule has 0 amide bonds. The molecule has 94 valence electrons. The van der Waals surface area contributed by atoms with Gasteiger partial charge in [0.25, 0.3) is 0 Å². The minimum Gasteiger partial charge on any atom is -0.291 e. The van der Waals surface area contributed by atoms with Crippen LogP contribution in [0.5, 0.6) is 0 Å². The number of nitrogens with zero attached hydrogens (tertiary/aromatic N) is 2. The molecular formula is C14H16N2O2. The predicted molar refractivity (Wildman–Crippen MR) is 68.1 cm³/mol. The highest BCUT2D eigenvalue weighted by Crippen LogP contribution is 2.24. The first-order valence-electron chi connectivity index (χ1n) is 6.29. The minimum absolute atomic E-state index is 0.227. The topological polar surface area (TPSA) is 58.9 Å². The number of hydrogen-bond acceptors (Lipinski definition) is 4. The number of carbonyl (C=O) groups excluding carboxylic acids is 2. The van der Waals surface area contributed by atoms with E-state index in [1.54, 1.807) is 24.3 Å². The van der Waals surface area contributed by atoms with Crippen molar-refractivity contribution in [2.75, 3.05) is 6.54 Å². The molecule has 0 aromatic heterocycles. The van der Waals surface area contributed by atoms with Crippen molar-refractivity contribution in [3.8, 4) is 0 Å². The summed E-state index contributed by atoms with van der Waals surface area (Å²) in [5, 5.41) is 7.86. The average Bonchev–Trinajstić information content (AvgIpc) is 2.64. The largest absolute Gasteiger partial charge is 0.291 e. The van der Waals surface area contributed by atoms with Crippen LogP contribution in [0.15, 0.2) is 34.5 Å². The lowest BCUT2D eigenvalue weighted by atomic mass is 10.1. The lowest BCUT2D eigenvalue weighted by Crippen LogP contribution is -2.18. The third-order valence-electron chi connectivity index (χ3n) is 3.01. The Bertz CT molecular complexity index is 459. The first-order chi connectivity index (χ1) is 8.75. The summed E-state index contributed by atoms with van der Waals surface area (Å²) in [6.07, 6.45) is 3.15. The number of azo groups is 1. The molecule has 0 N–H and O–H groups in total. The molecule has 4 heteroatoms. The van der Waals surface area contributed by atoms with Gasteiger partial charge >= 0.3 is 0 Å². The van der Waals surface area contributed by atoms with Crippen LogP contribution in [-0.2, 0) is 0 Å². The molecule has 0 bridgehead atoms. The highest BCUT2D eigenvalue weighted by Gasteiger charge is 2.38. The molecule has 0 heterocycles. The van der Waals surface area contributed by atoms with E-state index >= 15 is 0 Å². The van der Waals surface area contributed by atoms with Gasteiger partial charge in [-0.25, -0.2) is 0 Å². The van der Waals surface area contributed by atoms with Gasteiger partial charge in [0.05, 0.1) is 6.54 Å². The third-order valence-corrected chi connectivity index (χ3v) is 3.01. The molecule has 0 radical (unpaired) electrons. The van der Waals surface area contributed by atoms with Gasteiger partial charge in [0.1, 0.15) is 0 Å². The molecule has 0 spiro atoms. The second kappa shape index (κ2) is 5.67. The molecule has 0 atom stereocenters. The van der Waals surface area contributed by atoms with Crippen molar-refractivity contribution in [1.82, 2.24) is 0 Å². The van der Waals surface area contributed by atoms with Crippen LogP contribution in [0.25, 0.3) is 0 Å². The van der Waals surface area contributed by atoms with Crippen molar-refractivity contribution in [3.63, 3.8) is 0 Å². The fourth-order valence-electron chi connectivity index (χ4n) is 2.00. The van der Waals surface area contributed by atoms with E-state index in [-0.39, 0.29) is 11.6 Å². The Morgan fingerprint density at radius 1 is 1.06 bits per heavy atom. The van der Waals surface area contributed by atoms with E-state index in [4.69, 9.17) is 0 Å². The van der Waals surface area contributed by atoms with Gasteiger partial charge in [-0.05, 0) is 6.42 Å². The fourth-order valence-corrected chi connectivity index (χ4v) is 2.00. The Morgan fingerprint density at radius 3 is 2.22 bits per heavy atom. The minimum atomic E-state index is -0.941. The molecule has 0 aliphatic heterocycles. The zero-order valence-electron chi connectivity index (χ0n) is 10.4. The summed E-state index contributed by atoms with van der Waals surface area (Å²) in [5.74, 6) is -0.454. The van der Waals surface area contributed by atoms with Gasteiger partial charge in [-0.1, -0.05) is 44.0 Å². The summed E-state index contributed by atoms with van der Waals surface area (Å²) in [5.41, 5.74) is 0.944. The van der Waals surface area contributed by atoms with Crippen molar-refractivity contribution >= 4 is 11.6 Å². The first-order valence-corrected chi connectivity index (χ1v) is 6.29.